The maximum Gasteiger partial charge on any atom is 0.508 e. The Bertz CT molecular complexity index is 2150. The minimum absolute atomic E-state index is 0.0139. The van der Waals surface area contributed by atoms with Crippen LogP contribution in [0, 0.1) is 17.1 Å². The van der Waals surface area contributed by atoms with Crippen LogP contribution in [0.3, 0.4) is 0 Å². The number of carbonyl (C=O) groups is 1. The number of halogens is 1. The summed E-state index contributed by atoms with van der Waals surface area (Å²) in [5, 5.41) is 9.86. The fourth-order valence-electron chi connectivity index (χ4n) is 5.07. The molecular weight excluding hydrogens is 613 g/mol. The van der Waals surface area contributed by atoms with Gasteiger partial charge in [-0.2, -0.15) is 5.26 Å². The number of aromatic nitrogens is 4. The molecular formula is C37H26FN5O5. The summed E-state index contributed by atoms with van der Waals surface area (Å²) < 4.78 is 33.2. The van der Waals surface area contributed by atoms with Gasteiger partial charge in [0.1, 0.15) is 49.5 Å². The van der Waals surface area contributed by atoms with Crippen LogP contribution >= 0.6 is 0 Å². The van der Waals surface area contributed by atoms with Gasteiger partial charge in [-0.3, -0.25) is 14.3 Å². The topological polar surface area (TPSA) is 129 Å². The molecule has 0 bridgehead atoms. The van der Waals surface area contributed by atoms with Crippen molar-refractivity contribution in [2.45, 2.75) is 19.8 Å². The lowest BCUT2D eigenvalue weighted by atomic mass is 9.97. The number of hydrogen-bond acceptors (Lipinski definition) is 9. The Balaban J connectivity index is 1.51. The van der Waals surface area contributed by atoms with Gasteiger partial charge in [0.25, 0.3) is 5.56 Å². The van der Waals surface area contributed by atoms with E-state index in [-0.39, 0.29) is 41.3 Å². The highest BCUT2D eigenvalue weighted by molar-refractivity contribution is 5.78. The number of hydrogen-bond donors (Lipinski definition) is 0. The fourth-order valence-corrected chi connectivity index (χ4v) is 5.07. The molecule has 3 aromatic heterocycles. The van der Waals surface area contributed by atoms with Crippen LogP contribution < -0.4 is 10.3 Å². The maximum absolute atomic E-state index is 14.9. The van der Waals surface area contributed by atoms with Gasteiger partial charge in [0.05, 0.1) is 29.3 Å². The molecule has 6 rings (SSSR count). The highest BCUT2D eigenvalue weighted by Gasteiger charge is 2.25. The molecule has 0 radical (unpaired) electrons. The highest BCUT2D eigenvalue weighted by atomic mass is 19.1. The summed E-state index contributed by atoms with van der Waals surface area (Å²) in [6.07, 6.45) is 4.68. The molecule has 0 aliphatic carbocycles. The molecule has 10 nitrogen and oxygen atoms in total. The van der Waals surface area contributed by atoms with Crippen molar-refractivity contribution < 1.29 is 23.4 Å². The molecule has 0 atom stereocenters. The van der Waals surface area contributed by atoms with E-state index in [1.807, 2.05) is 54.6 Å². The second-order valence-electron chi connectivity index (χ2n) is 10.4. The predicted molar refractivity (Wildman–Crippen MR) is 173 cm³/mol. The molecule has 0 saturated carbocycles. The van der Waals surface area contributed by atoms with E-state index in [0.717, 1.165) is 17.2 Å². The summed E-state index contributed by atoms with van der Waals surface area (Å²) >= 11 is 0. The third kappa shape index (κ3) is 6.93. The number of nitriles is 1. The van der Waals surface area contributed by atoms with Crippen molar-refractivity contribution in [1.29, 1.82) is 5.26 Å². The van der Waals surface area contributed by atoms with E-state index in [1.54, 1.807) is 30.5 Å². The first-order chi connectivity index (χ1) is 23.5. The lowest BCUT2D eigenvalue weighted by molar-refractivity contribution is 0.0435. The molecule has 0 unspecified atom stereocenters. The van der Waals surface area contributed by atoms with Crippen molar-refractivity contribution in [3.8, 4) is 39.9 Å². The van der Waals surface area contributed by atoms with Gasteiger partial charge in [0.2, 0.25) is 0 Å². The number of carbonyl (C=O) groups excluding carboxylic acids is 1. The van der Waals surface area contributed by atoms with Gasteiger partial charge in [-0.25, -0.2) is 19.2 Å². The van der Waals surface area contributed by atoms with Gasteiger partial charge in [0.15, 0.2) is 0 Å². The van der Waals surface area contributed by atoms with Crippen molar-refractivity contribution in [2.75, 3.05) is 0 Å². The average molecular weight is 640 g/mol. The molecule has 11 heteroatoms. The zero-order chi connectivity index (χ0) is 33.3. The van der Waals surface area contributed by atoms with Gasteiger partial charge in [0, 0.05) is 22.9 Å². The first kappa shape index (κ1) is 31.3. The molecule has 3 heterocycles. The molecule has 3 aromatic carbocycles. The monoisotopic (exact) mass is 639 g/mol. The van der Waals surface area contributed by atoms with Crippen LogP contribution in [0.1, 0.15) is 22.4 Å². The van der Waals surface area contributed by atoms with Gasteiger partial charge in [-0.15, -0.1) is 0 Å². The van der Waals surface area contributed by atoms with E-state index in [4.69, 9.17) is 14.2 Å². The summed E-state index contributed by atoms with van der Waals surface area (Å²) in [4.78, 5) is 39.9. The molecule has 0 aliphatic heterocycles. The van der Waals surface area contributed by atoms with Gasteiger partial charge in [-0.1, -0.05) is 72.8 Å². The zero-order valence-corrected chi connectivity index (χ0v) is 25.3. The van der Waals surface area contributed by atoms with Gasteiger partial charge < -0.3 is 14.2 Å². The van der Waals surface area contributed by atoms with E-state index < -0.39 is 24.1 Å². The van der Waals surface area contributed by atoms with E-state index in [2.05, 4.69) is 15.0 Å². The van der Waals surface area contributed by atoms with Crippen molar-refractivity contribution in [3.05, 3.63) is 161 Å². The standard InChI is InChI=1S/C37H26FN5O5/c38-32-14-7-13-28(31(32)18-39)29-17-30(35-34(15-8-16-42-35)46-21-25-9-3-1-4-10-25)33(43(36(29)44)27-19-40-24-41-20-27)23-48-37(45)47-22-26-11-5-2-6-12-26/h1-17,19-20,24H,21-23H2. The van der Waals surface area contributed by atoms with Crippen LogP contribution in [-0.4, -0.2) is 25.7 Å². The molecule has 0 aliphatic rings. The van der Waals surface area contributed by atoms with Crippen LogP contribution in [0.4, 0.5) is 9.18 Å². The minimum Gasteiger partial charge on any atom is -0.487 e. The van der Waals surface area contributed by atoms with E-state index in [1.165, 1.54) is 41.5 Å². The van der Waals surface area contributed by atoms with Crippen molar-refractivity contribution >= 4 is 6.16 Å². The van der Waals surface area contributed by atoms with E-state index in [0.29, 0.717) is 17.0 Å². The molecule has 236 valence electrons. The molecule has 48 heavy (non-hydrogen) atoms. The quantitative estimate of drug-likeness (QED) is 0.149. The Morgan fingerprint density at radius 3 is 2.19 bits per heavy atom. The van der Waals surface area contributed by atoms with Crippen LogP contribution in [0.25, 0.3) is 28.1 Å². The SMILES string of the molecule is N#Cc1c(F)cccc1-c1cc(-c2ncccc2OCc2ccccc2)c(COC(=O)OCc2ccccc2)n(-c2cncnc2)c1=O. The van der Waals surface area contributed by atoms with Gasteiger partial charge >= 0.3 is 6.16 Å². The Morgan fingerprint density at radius 2 is 1.48 bits per heavy atom. The first-order valence-corrected chi connectivity index (χ1v) is 14.7. The Morgan fingerprint density at radius 1 is 0.792 bits per heavy atom. The molecule has 0 saturated heterocycles. The number of ether oxygens (including phenoxy) is 3. The van der Waals surface area contributed by atoms with Gasteiger partial charge in [-0.05, 0) is 35.4 Å². The summed E-state index contributed by atoms with van der Waals surface area (Å²) in [5.41, 5.74) is 1.76. The van der Waals surface area contributed by atoms with Crippen LogP contribution in [0.5, 0.6) is 5.75 Å². The Hall–Kier alpha value is -6.67. The number of pyridine rings is 2. The van der Waals surface area contributed by atoms with Crippen LogP contribution in [0.15, 0.2) is 127 Å². The Labute approximate surface area is 274 Å². The normalized spacial score (nSPS) is 10.6. The second-order valence-corrected chi connectivity index (χ2v) is 10.4. The molecule has 6 aromatic rings. The van der Waals surface area contributed by atoms with Crippen LogP contribution in [-0.2, 0) is 29.3 Å². The van der Waals surface area contributed by atoms with E-state index in [9.17, 15) is 19.2 Å². The van der Waals surface area contributed by atoms with Crippen molar-refractivity contribution in [2.24, 2.45) is 0 Å². The second kappa shape index (κ2) is 14.6. The Kier molecular flexibility index (Phi) is 9.54. The average Bonchev–Trinajstić information content (AvgIpc) is 3.13. The smallest absolute Gasteiger partial charge is 0.487 e. The largest absolute Gasteiger partial charge is 0.508 e. The maximum atomic E-state index is 14.9. The number of nitrogens with zero attached hydrogens (tertiary/aromatic N) is 5. The molecule has 0 fully saturated rings. The fraction of sp³-hybridized carbons (Fsp3) is 0.0811. The summed E-state index contributed by atoms with van der Waals surface area (Å²) in [5.74, 6) is -0.432. The highest BCUT2D eigenvalue weighted by Crippen LogP contribution is 2.35. The summed E-state index contributed by atoms with van der Waals surface area (Å²) in [7, 11) is 0. The zero-order valence-electron chi connectivity index (χ0n) is 25.3. The lowest BCUT2D eigenvalue weighted by Gasteiger charge is -2.20. The van der Waals surface area contributed by atoms with Crippen LogP contribution in [0.2, 0.25) is 0 Å². The van der Waals surface area contributed by atoms with Crippen molar-refractivity contribution in [1.82, 2.24) is 19.5 Å². The molecule has 0 spiro atoms. The predicted octanol–water partition coefficient (Wildman–Crippen LogP) is 6.80. The lowest BCUT2D eigenvalue weighted by Crippen LogP contribution is -2.26. The third-order valence-electron chi connectivity index (χ3n) is 7.31. The number of rotatable bonds is 10. The number of benzene rings is 3. The molecule has 0 amide bonds. The third-order valence-corrected chi connectivity index (χ3v) is 7.31. The first-order valence-electron chi connectivity index (χ1n) is 14.7. The van der Waals surface area contributed by atoms with Crippen molar-refractivity contribution in [3.63, 3.8) is 0 Å². The minimum atomic E-state index is -0.976. The molecule has 0 N–H and O–H groups in total. The summed E-state index contributed by atoms with van der Waals surface area (Å²) in [6, 6.07) is 29.4. The summed E-state index contributed by atoms with van der Waals surface area (Å²) in [6.45, 7) is -0.270. The van der Waals surface area contributed by atoms with E-state index >= 15 is 0 Å².